The van der Waals surface area contributed by atoms with Crippen molar-refractivity contribution in [2.24, 2.45) is 0 Å². The third kappa shape index (κ3) is 6.29. The van der Waals surface area contributed by atoms with E-state index in [0.29, 0.717) is 27.9 Å². The molecule has 0 unspecified atom stereocenters. The number of urea groups is 1. The minimum Gasteiger partial charge on any atom is -0.478 e. The molecule has 0 atom stereocenters. The van der Waals surface area contributed by atoms with Crippen LogP contribution in [0.1, 0.15) is 36.7 Å². The third-order valence-corrected chi connectivity index (χ3v) is 6.06. The zero-order chi connectivity index (χ0) is 26.6. The van der Waals surface area contributed by atoms with Crippen LogP contribution in [0.3, 0.4) is 0 Å². The van der Waals surface area contributed by atoms with Crippen molar-refractivity contribution in [2.45, 2.75) is 26.2 Å². The predicted molar refractivity (Wildman–Crippen MR) is 148 cm³/mol. The molecular weight excluding hydrogens is 488 g/mol. The van der Waals surface area contributed by atoms with E-state index in [9.17, 15) is 14.7 Å². The maximum absolute atomic E-state index is 12.9. The minimum absolute atomic E-state index is 0.155. The minimum atomic E-state index is -0.994. The van der Waals surface area contributed by atoms with E-state index in [-0.39, 0.29) is 11.0 Å². The van der Waals surface area contributed by atoms with Gasteiger partial charge < -0.3 is 20.5 Å². The van der Waals surface area contributed by atoms with Crippen LogP contribution in [0, 0.1) is 0 Å². The van der Waals surface area contributed by atoms with Crippen LogP contribution in [0.2, 0.25) is 5.02 Å². The Kier molecular flexibility index (Phi) is 7.50. The van der Waals surface area contributed by atoms with Crippen LogP contribution in [0.5, 0.6) is 11.5 Å². The first-order valence-corrected chi connectivity index (χ1v) is 12.1. The fourth-order valence-electron chi connectivity index (χ4n) is 3.83. The monoisotopic (exact) mass is 514 g/mol. The molecule has 6 nitrogen and oxygen atoms in total. The average Bonchev–Trinajstić information content (AvgIpc) is 2.86. The molecule has 4 aromatic rings. The van der Waals surface area contributed by atoms with Gasteiger partial charge in [0.2, 0.25) is 0 Å². The quantitative estimate of drug-likeness (QED) is 0.241. The molecule has 0 heterocycles. The van der Waals surface area contributed by atoms with Crippen LogP contribution in [0.4, 0.5) is 16.2 Å². The van der Waals surface area contributed by atoms with Crippen molar-refractivity contribution in [3.8, 4) is 22.6 Å². The zero-order valence-electron chi connectivity index (χ0n) is 20.7. The maximum atomic E-state index is 12.9. The molecule has 0 fully saturated rings. The smallest absolute Gasteiger partial charge is 0.335 e. The first kappa shape index (κ1) is 25.8. The summed E-state index contributed by atoms with van der Waals surface area (Å²) in [5.74, 6) is 0.145. The summed E-state index contributed by atoms with van der Waals surface area (Å²) in [6.45, 7) is 6.32. The molecule has 0 aromatic heterocycles. The number of anilines is 2. The molecule has 4 rings (SSSR count). The van der Waals surface area contributed by atoms with Gasteiger partial charge in [0.15, 0.2) is 5.75 Å². The van der Waals surface area contributed by atoms with E-state index in [1.54, 1.807) is 60.7 Å². The molecule has 0 saturated carbocycles. The van der Waals surface area contributed by atoms with Gasteiger partial charge >= 0.3 is 12.0 Å². The Morgan fingerprint density at radius 3 is 2.05 bits per heavy atom. The van der Waals surface area contributed by atoms with Crippen molar-refractivity contribution in [2.75, 3.05) is 10.6 Å². The van der Waals surface area contributed by atoms with Crippen molar-refractivity contribution < 1.29 is 19.4 Å². The van der Waals surface area contributed by atoms with E-state index < -0.39 is 12.0 Å². The number of ether oxygens (including phenoxy) is 1. The number of hydrogen-bond donors (Lipinski definition) is 3. The van der Waals surface area contributed by atoms with Crippen LogP contribution in [0.25, 0.3) is 11.1 Å². The molecule has 2 amide bonds. The van der Waals surface area contributed by atoms with Gasteiger partial charge in [-0.25, -0.2) is 9.59 Å². The number of aromatic carboxylic acids is 1. The molecule has 37 heavy (non-hydrogen) atoms. The SMILES string of the molecule is CC(C)(C)c1ccccc1Oc1ccc(-c2ccc(C(=O)O)cc2)cc1NC(=O)Nc1ccccc1Cl. The van der Waals surface area contributed by atoms with Crippen molar-refractivity contribution in [1.82, 2.24) is 0 Å². The standard InChI is InChI=1S/C30H27ClN2O4/c1-30(2,3)22-8-4-7-11-26(22)37-27-17-16-21(19-12-14-20(15-13-19)28(34)35)18-25(27)33-29(36)32-24-10-6-5-9-23(24)31/h4-18H,1-3H3,(H,34,35)(H2,32,33,36). The molecule has 0 spiro atoms. The van der Waals surface area contributed by atoms with Crippen LogP contribution in [-0.2, 0) is 5.41 Å². The predicted octanol–water partition coefficient (Wildman–Crippen LogP) is 8.44. The van der Waals surface area contributed by atoms with Crippen LogP contribution < -0.4 is 15.4 Å². The molecule has 0 bridgehead atoms. The van der Waals surface area contributed by atoms with Crippen LogP contribution in [0.15, 0.2) is 91.0 Å². The molecule has 0 aliphatic carbocycles. The third-order valence-electron chi connectivity index (χ3n) is 5.73. The van der Waals surface area contributed by atoms with E-state index in [1.807, 2.05) is 30.3 Å². The normalized spacial score (nSPS) is 11.0. The number of para-hydroxylation sites is 2. The number of carbonyl (C=O) groups excluding carboxylic acids is 1. The number of carboxylic acids is 1. The van der Waals surface area contributed by atoms with E-state index >= 15 is 0 Å². The van der Waals surface area contributed by atoms with Crippen molar-refractivity contribution in [3.63, 3.8) is 0 Å². The number of nitrogens with one attached hydrogen (secondary N) is 2. The Hall–Kier alpha value is -4.29. The number of amides is 2. The summed E-state index contributed by atoms with van der Waals surface area (Å²) in [5, 5.41) is 15.3. The lowest BCUT2D eigenvalue weighted by Gasteiger charge is -2.23. The summed E-state index contributed by atoms with van der Waals surface area (Å²) >= 11 is 6.20. The largest absolute Gasteiger partial charge is 0.478 e. The molecule has 0 aliphatic heterocycles. The number of rotatable bonds is 6. The summed E-state index contributed by atoms with van der Waals surface area (Å²) in [4.78, 5) is 24.2. The molecule has 0 radical (unpaired) electrons. The van der Waals surface area contributed by atoms with Crippen molar-refractivity contribution >= 4 is 35.0 Å². The topological polar surface area (TPSA) is 87.7 Å². The average molecular weight is 515 g/mol. The number of halogens is 1. The molecule has 3 N–H and O–H groups in total. The second-order valence-electron chi connectivity index (χ2n) is 9.50. The van der Waals surface area contributed by atoms with Gasteiger partial charge in [0.1, 0.15) is 5.75 Å². The van der Waals surface area contributed by atoms with Gasteiger partial charge in [-0.1, -0.05) is 80.9 Å². The lowest BCUT2D eigenvalue weighted by atomic mass is 9.86. The van der Waals surface area contributed by atoms with Crippen LogP contribution >= 0.6 is 11.6 Å². The highest BCUT2D eigenvalue weighted by Crippen LogP contribution is 2.38. The Morgan fingerprint density at radius 2 is 1.38 bits per heavy atom. The highest BCUT2D eigenvalue weighted by molar-refractivity contribution is 6.33. The molecule has 0 aliphatic rings. The molecule has 7 heteroatoms. The Balaban J connectivity index is 1.70. The summed E-state index contributed by atoms with van der Waals surface area (Å²) in [7, 11) is 0. The second kappa shape index (κ2) is 10.8. The lowest BCUT2D eigenvalue weighted by molar-refractivity contribution is 0.0697. The van der Waals surface area contributed by atoms with E-state index in [0.717, 1.165) is 16.7 Å². The van der Waals surface area contributed by atoms with E-state index in [2.05, 4.69) is 31.4 Å². The Labute approximate surface area is 220 Å². The maximum Gasteiger partial charge on any atom is 0.335 e. The van der Waals surface area contributed by atoms with Crippen molar-refractivity contribution in [3.05, 3.63) is 107 Å². The highest BCUT2D eigenvalue weighted by atomic mass is 35.5. The fourth-order valence-corrected chi connectivity index (χ4v) is 4.02. The van der Waals surface area contributed by atoms with Gasteiger partial charge in [0.05, 0.1) is 22.0 Å². The molecule has 4 aromatic carbocycles. The van der Waals surface area contributed by atoms with E-state index in [1.165, 1.54) is 0 Å². The van der Waals surface area contributed by atoms with Gasteiger partial charge in [0, 0.05) is 5.56 Å². The summed E-state index contributed by atoms with van der Waals surface area (Å²) in [6, 6.07) is 26.2. The highest BCUT2D eigenvalue weighted by Gasteiger charge is 2.20. The van der Waals surface area contributed by atoms with Gasteiger partial charge in [-0.05, 0) is 59.0 Å². The molecular formula is C30H27ClN2O4. The zero-order valence-corrected chi connectivity index (χ0v) is 21.5. The summed E-state index contributed by atoms with van der Waals surface area (Å²) < 4.78 is 6.34. The molecule has 0 saturated heterocycles. The second-order valence-corrected chi connectivity index (χ2v) is 9.91. The van der Waals surface area contributed by atoms with Gasteiger partial charge in [-0.15, -0.1) is 0 Å². The number of carboxylic acid groups (broad SMARTS) is 1. The fraction of sp³-hybridized carbons (Fsp3) is 0.133. The number of hydrogen-bond acceptors (Lipinski definition) is 3. The van der Waals surface area contributed by atoms with Gasteiger partial charge in [-0.2, -0.15) is 0 Å². The number of benzene rings is 4. The van der Waals surface area contributed by atoms with Crippen LogP contribution in [-0.4, -0.2) is 17.1 Å². The molecule has 188 valence electrons. The first-order valence-electron chi connectivity index (χ1n) is 11.7. The van der Waals surface area contributed by atoms with Gasteiger partial charge in [-0.3, -0.25) is 0 Å². The van der Waals surface area contributed by atoms with Crippen molar-refractivity contribution in [1.29, 1.82) is 0 Å². The van der Waals surface area contributed by atoms with E-state index in [4.69, 9.17) is 16.3 Å². The Bertz CT molecular complexity index is 1440. The first-order chi connectivity index (χ1) is 17.6. The van der Waals surface area contributed by atoms with Gasteiger partial charge in [0.25, 0.3) is 0 Å². The lowest BCUT2D eigenvalue weighted by Crippen LogP contribution is -2.20. The summed E-state index contributed by atoms with van der Waals surface area (Å²) in [5.41, 5.74) is 3.55. The number of carbonyl (C=O) groups is 2. The summed E-state index contributed by atoms with van der Waals surface area (Å²) in [6.07, 6.45) is 0. The Morgan fingerprint density at radius 1 is 0.757 bits per heavy atom.